The molecule has 0 saturated heterocycles. The normalized spacial score (nSPS) is 27.3. The van der Waals surface area contributed by atoms with Crippen LogP contribution in [0.4, 0.5) is 4.79 Å². The maximum Gasteiger partial charge on any atom is 0.408 e. The van der Waals surface area contributed by atoms with E-state index in [1.165, 1.54) is 11.1 Å². The molecular formula is C23H23NO4. The van der Waals surface area contributed by atoms with E-state index in [-0.39, 0.29) is 18.4 Å². The van der Waals surface area contributed by atoms with Gasteiger partial charge in [-0.15, -0.1) is 0 Å². The maximum absolute atomic E-state index is 12.5. The van der Waals surface area contributed by atoms with Crippen molar-refractivity contribution >= 4 is 12.1 Å². The summed E-state index contributed by atoms with van der Waals surface area (Å²) >= 11 is 0. The van der Waals surface area contributed by atoms with Gasteiger partial charge < -0.3 is 15.2 Å². The van der Waals surface area contributed by atoms with E-state index in [1.807, 2.05) is 24.3 Å². The van der Waals surface area contributed by atoms with Crippen molar-refractivity contribution in [1.29, 1.82) is 0 Å². The second-order valence-corrected chi connectivity index (χ2v) is 8.23. The van der Waals surface area contributed by atoms with Crippen LogP contribution in [0.1, 0.15) is 42.7 Å². The largest absolute Gasteiger partial charge is 0.479 e. The second kappa shape index (κ2) is 6.36. The Balaban J connectivity index is 1.31. The molecule has 2 aromatic rings. The Bertz CT molecular complexity index is 910. The molecule has 2 aromatic carbocycles. The lowest BCUT2D eigenvalue weighted by Gasteiger charge is -2.49. The monoisotopic (exact) mass is 377 g/mol. The van der Waals surface area contributed by atoms with Crippen molar-refractivity contribution in [2.45, 2.75) is 37.1 Å². The average Bonchev–Trinajstić information content (AvgIpc) is 3.23. The number of fused-ring (bicyclic) bond motifs is 4. The predicted octanol–water partition coefficient (Wildman–Crippen LogP) is 4.17. The van der Waals surface area contributed by atoms with E-state index in [1.54, 1.807) is 0 Å². The van der Waals surface area contributed by atoms with Crippen LogP contribution in [0.5, 0.6) is 0 Å². The fourth-order valence-electron chi connectivity index (χ4n) is 5.59. The number of rotatable bonds is 4. The van der Waals surface area contributed by atoms with Gasteiger partial charge in [-0.2, -0.15) is 0 Å². The minimum absolute atomic E-state index is 0.0282. The minimum atomic E-state index is -1.15. The van der Waals surface area contributed by atoms with Crippen LogP contribution in [-0.2, 0) is 9.53 Å². The van der Waals surface area contributed by atoms with E-state index in [9.17, 15) is 14.7 Å². The van der Waals surface area contributed by atoms with Gasteiger partial charge in [0, 0.05) is 5.92 Å². The summed E-state index contributed by atoms with van der Waals surface area (Å²) in [5, 5.41) is 12.5. The first kappa shape index (κ1) is 17.3. The van der Waals surface area contributed by atoms with Gasteiger partial charge in [-0.05, 0) is 53.4 Å². The molecule has 144 valence electrons. The van der Waals surface area contributed by atoms with Crippen LogP contribution in [0.2, 0.25) is 0 Å². The van der Waals surface area contributed by atoms with Gasteiger partial charge in [0.05, 0.1) is 0 Å². The van der Waals surface area contributed by atoms with Crippen molar-refractivity contribution in [3.8, 4) is 11.1 Å². The number of carbonyl (C=O) groups is 2. The van der Waals surface area contributed by atoms with E-state index in [0.29, 0.717) is 12.3 Å². The van der Waals surface area contributed by atoms with Crippen molar-refractivity contribution in [3.05, 3.63) is 59.7 Å². The summed E-state index contributed by atoms with van der Waals surface area (Å²) < 4.78 is 5.56. The molecule has 0 spiro atoms. The molecule has 0 radical (unpaired) electrons. The molecule has 0 aliphatic heterocycles. The summed E-state index contributed by atoms with van der Waals surface area (Å²) in [6, 6.07) is 16.3. The zero-order valence-corrected chi connectivity index (χ0v) is 15.6. The third-order valence-corrected chi connectivity index (χ3v) is 6.93. The Morgan fingerprint density at radius 1 is 1.04 bits per heavy atom. The smallest absolute Gasteiger partial charge is 0.408 e. The van der Waals surface area contributed by atoms with Gasteiger partial charge in [-0.3, -0.25) is 0 Å². The fraction of sp³-hybridized carbons (Fsp3) is 0.391. The Morgan fingerprint density at radius 2 is 1.68 bits per heavy atom. The average molecular weight is 377 g/mol. The molecule has 3 atom stereocenters. The number of hydrogen-bond acceptors (Lipinski definition) is 3. The number of aliphatic carboxylic acids is 1. The lowest BCUT2D eigenvalue weighted by molar-refractivity contribution is -0.156. The van der Waals surface area contributed by atoms with Gasteiger partial charge in [0.15, 0.2) is 0 Å². The highest BCUT2D eigenvalue weighted by atomic mass is 16.5. The number of carboxylic acids is 1. The lowest BCUT2D eigenvalue weighted by Crippen LogP contribution is -2.67. The summed E-state index contributed by atoms with van der Waals surface area (Å²) in [5.74, 6) is -0.515. The van der Waals surface area contributed by atoms with Gasteiger partial charge in [-0.1, -0.05) is 55.0 Å². The molecule has 2 N–H and O–H groups in total. The maximum atomic E-state index is 12.5. The van der Waals surface area contributed by atoms with Gasteiger partial charge in [0.1, 0.15) is 12.1 Å². The Morgan fingerprint density at radius 3 is 2.29 bits per heavy atom. The quantitative estimate of drug-likeness (QED) is 0.839. The van der Waals surface area contributed by atoms with E-state index in [2.05, 4.69) is 29.6 Å². The predicted molar refractivity (Wildman–Crippen MR) is 104 cm³/mol. The van der Waals surface area contributed by atoms with Crippen molar-refractivity contribution in [2.24, 2.45) is 11.8 Å². The molecule has 3 unspecified atom stereocenters. The van der Waals surface area contributed by atoms with Crippen LogP contribution in [0, 0.1) is 11.8 Å². The minimum Gasteiger partial charge on any atom is -0.479 e. The molecule has 3 aliphatic carbocycles. The number of nitrogens with one attached hydrogen (secondary N) is 1. The fourth-order valence-corrected chi connectivity index (χ4v) is 5.59. The van der Waals surface area contributed by atoms with Gasteiger partial charge in [0.25, 0.3) is 0 Å². The van der Waals surface area contributed by atoms with E-state index >= 15 is 0 Å². The molecule has 0 aromatic heterocycles. The zero-order valence-electron chi connectivity index (χ0n) is 15.6. The first-order valence-electron chi connectivity index (χ1n) is 9.97. The molecule has 0 heterocycles. The summed E-state index contributed by atoms with van der Waals surface area (Å²) in [6.07, 6.45) is 2.84. The van der Waals surface area contributed by atoms with Crippen LogP contribution in [0.3, 0.4) is 0 Å². The van der Waals surface area contributed by atoms with Gasteiger partial charge in [0.2, 0.25) is 0 Å². The second-order valence-electron chi connectivity index (χ2n) is 8.23. The Kier molecular flexibility index (Phi) is 3.93. The molecule has 2 saturated carbocycles. The summed E-state index contributed by atoms with van der Waals surface area (Å²) in [6.45, 7) is 0.198. The number of carbonyl (C=O) groups excluding carboxylic acids is 1. The van der Waals surface area contributed by atoms with E-state index in [4.69, 9.17) is 4.74 Å². The summed E-state index contributed by atoms with van der Waals surface area (Å²) in [4.78, 5) is 24.4. The topological polar surface area (TPSA) is 75.6 Å². The van der Waals surface area contributed by atoms with Crippen LogP contribution in [0.25, 0.3) is 11.1 Å². The number of carboxylic acid groups (broad SMARTS) is 1. The number of amides is 1. The first-order valence-corrected chi connectivity index (χ1v) is 9.97. The van der Waals surface area contributed by atoms with Gasteiger partial charge >= 0.3 is 12.1 Å². The third kappa shape index (κ3) is 2.45. The standard InChI is InChI=1S/C23H23NO4/c25-21(26)23(12-14-6-5-11-20(14)23)24-22(27)28-13-19-17-9-3-1-7-15(17)16-8-2-4-10-18(16)19/h1-4,7-10,14,19-20H,5-6,11-13H2,(H,24,27)(H,25,26). The summed E-state index contributed by atoms with van der Waals surface area (Å²) in [7, 11) is 0. The number of hydrogen-bond donors (Lipinski definition) is 2. The molecule has 5 nitrogen and oxygen atoms in total. The zero-order chi connectivity index (χ0) is 19.3. The van der Waals surface area contributed by atoms with E-state index < -0.39 is 17.6 Å². The molecule has 3 aliphatic rings. The van der Waals surface area contributed by atoms with Crippen molar-refractivity contribution < 1.29 is 19.4 Å². The van der Waals surface area contributed by atoms with Crippen molar-refractivity contribution in [3.63, 3.8) is 0 Å². The molecule has 0 bridgehead atoms. The molecule has 1 amide bonds. The van der Waals surface area contributed by atoms with Crippen LogP contribution >= 0.6 is 0 Å². The van der Waals surface area contributed by atoms with E-state index in [0.717, 1.165) is 30.4 Å². The Labute approximate surface area is 163 Å². The lowest BCUT2D eigenvalue weighted by atomic mass is 9.60. The third-order valence-electron chi connectivity index (χ3n) is 6.93. The highest BCUT2D eigenvalue weighted by Crippen LogP contribution is 2.54. The van der Waals surface area contributed by atoms with Crippen molar-refractivity contribution in [2.75, 3.05) is 6.61 Å². The number of ether oxygens (including phenoxy) is 1. The van der Waals surface area contributed by atoms with Crippen LogP contribution in [-0.4, -0.2) is 29.3 Å². The SMILES string of the molecule is O=C(NC1(C(=O)O)CC2CCCC21)OCC1c2ccccc2-c2ccccc21. The Hall–Kier alpha value is -2.82. The van der Waals surface area contributed by atoms with Crippen molar-refractivity contribution in [1.82, 2.24) is 5.32 Å². The first-order chi connectivity index (χ1) is 13.6. The number of benzene rings is 2. The number of alkyl carbamates (subject to hydrolysis) is 1. The highest BCUT2D eigenvalue weighted by molar-refractivity contribution is 5.86. The van der Waals surface area contributed by atoms with Gasteiger partial charge in [-0.25, -0.2) is 9.59 Å². The molecular weight excluding hydrogens is 354 g/mol. The van der Waals surface area contributed by atoms with Crippen LogP contribution < -0.4 is 5.32 Å². The molecule has 5 rings (SSSR count). The molecule has 5 heteroatoms. The molecule has 2 fully saturated rings. The highest BCUT2D eigenvalue weighted by Gasteiger charge is 2.61. The van der Waals surface area contributed by atoms with Crippen LogP contribution in [0.15, 0.2) is 48.5 Å². The molecule has 28 heavy (non-hydrogen) atoms. The summed E-state index contributed by atoms with van der Waals surface area (Å²) in [5.41, 5.74) is 3.47.